The van der Waals surface area contributed by atoms with Crippen LogP contribution in [0.15, 0.2) is 30.5 Å². The molecule has 0 aliphatic heterocycles. The van der Waals surface area contributed by atoms with Crippen molar-refractivity contribution in [1.82, 2.24) is 9.55 Å². The number of rotatable bonds is 2. The van der Waals surface area contributed by atoms with Crippen LogP contribution < -0.4 is 0 Å². The predicted molar refractivity (Wildman–Crippen MR) is 70.0 cm³/mol. The molecule has 1 N–H and O–H groups in total. The average Bonchev–Trinajstić information content (AvgIpc) is 2.70. The lowest BCUT2D eigenvalue weighted by atomic mass is 10.1. The standard InChI is InChI=1S/C13H13F3N2S/c1-8(2)11-7-17-12(19)18(11)10-6-4-3-5-9(10)13(14,15)16/h3-8H,1-2H3,(H,17,19). The Morgan fingerprint density at radius 2 is 1.84 bits per heavy atom. The van der Waals surface area contributed by atoms with E-state index in [1.165, 1.54) is 16.7 Å². The molecule has 0 bridgehead atoms. The SMILES string of the molecule is CC(C)c1c[nH]c(=S)n1-c1ccccc1C(F)(F)F. The van der Waals surface area contributed by atoms with Crippen LogP contribution in [0.2, 0.25) is 0 Å². The minimum Gasteiger partial charge on any atom is -0.337 e. The second-order valence-corrected chi connectivity index (χ2v) is 4.91. The number of hydrogen-bond acceptors (Lipinski definition) is 1. The van der Waals surface area contributed by atoms with Crippen LogP contribution in [0.4, 0.5) is 13.2 Å². The number of hydrogen-bond donors (Lipinski definition) is 1. The van der Waals surface area contributed by atoms with E-state index in [0.29, 0.717) is 0 Å². The Labute approximate surface area is 113 Å². The van der Waals surface area contributed by atoms with E-state index >= 15 is 0 Å². The summed E-state index contributed by atoms with van der Waals surface area (Å²) in [6.45, 7) is 3.81. The maximum absolute atomic E-state index is 13.0. The van der Waals surface area contributed by atoms with Gasteiger partial charge in [0.2, 0.25) is 0 Å². The van der Waals surface area contributed by atoms with E-state index in [2.05, 4.69) is 4.98 Å². The summed E-state index contributed by atoms with van der Waals surface area (Å²) in [5.41, 5.74) is 0.0965. The Balaban J connectivity index is 2.74. The first-order valence-corrected chi connectivity index (χ1v) is 6.20. The van der Waals surface area contributed by atoms with Crippen molar-refractivity contribution in [2.75, 3.05) is 0 Å². The molecule has 2 aromatic rings. The minimum absolute atomic E-state index is 0.0601. The molecule has 0 amide bonds. The van der Waals surface area contributed by atoms with Crippen LogP contribution in [0.1, 0.15) is 31.0 Å². The first-order valence-electron chi connectivity index (χ1n) is 5.79. The van der Waals surface area contributed by atoms with Crippen molar-refractivity contribution < 1.29 is 13.2 Å². The van der Waals surface area contributed by atoms with Gasteiger partial charge in [0.25, 0.3) is 0 Å². The van der Waals surface area contributed by atoms with Crippen LogP contribution in [-0.4, -0.2) is 9.55 Å². The Bertz CT molecular complexity index is 638. The third-order valence-corrected chi connectivity index (χ3v) is 3.15. The van der Waals surface area contributed by atoms with Gasteiger partial charge >= 0.3 is 6.18 Å². The Morgan fingerprint density at radius 1 is 1.21 bits per heavy atom. The lowest BCUT2D eigenvalue weighted by Crippen LogP contribution is -2.12. The van der Waals surface area contributed by atoms with Gasteiger partial charge in [-0.2, -0.15) is 13.2 Å². The van der Waals surface area contributed by atoms with Crippen LogP contribution in [0.3, 0.4) is 0 Å². The van der Waals surface area contributed by atoms with Crippen molar-refractivity contribution in [1.29, 1.82) is 0 Å². The normalized spacial score (nSPS) is 12.1. The van der Waals surface area contributed by atoms with E-state index in [1.807, 2.05) is 13.8 Å². The summed E-state index contributed by atoms with van der Waals surface area (Å²) < 4.78 is 40.9. The largest absolute Gasteiger partial charge is 0.418 e. The molecule has 0 unspecified atom stereocenters. The first kappa shape index (κ1) is 13.9. The zero-order valence-corrected chi connectivity index (χ0v) is 11.3. The molecule has 0 radical (unpaired) electrons. The number of benzene rings is 1. The van der Waals surface area contributed by atoms with Gasteiger partial charge in [-0.3, -0.25) is 4.57 Å². The average molecular weight is 286 g/mol. The van der Waals surface area contributed by atoms with Gasteiger partial charge in [-0.1, -0.05) is 26.0 Å². The Kier molecular flexibility index (Phi) is 3.54. The highest BCUT2D eigenvalue weighted by Crippen LogP contribution is 2.35. The van der Waals surface area contributed by atoms with E-state index in [-0.39, 0.29) is 16.4 Å². The van der Waals surface area contributed by atoms with E-state index < -0.39 is 11.7 Å². The summed E-state index contributed by atoms with van der Waals surface area (Å²) in [7, 11) is 0. The fraction of sp³-hybridized carbons (Fsp3) is 0.308. The zero-order valence-electron chi connectivity index (χ0n) is 10.5. The highest BCUT2D eigenvalue weighted by atomic mass is 32.1. The number of nitrogens with zero attached hydrogens (tertiary/aromatic N) is 1. The molecule has 2 nitrogen and oxygen atoms in total. The molecule has 102 valence electrons. The minimum atomic E-state index is -4.41. The van der Waals surface area contributed by atoms with Gasteiger partial charge in [-0.15, -0.1) is 0 Å². The quantitative estimate of drug-likeness (QED) is 0.795. The topological polar surface area (TPSA) is 20.7 Å². The van der Waals surface area contributed by atoms with Gasteiger partial charge in [-0.05, 0) is 30.3 Å². The Morgan fingerprint density at radius 3 is 2.42 bits per heavy atom. The zero-order chi connectivity index (χ0) is 14.2. The van der Waals surface area contributed by atoms with Crippen molar-refractivity contribution in [3.8, 4) is 5.69 Å². The van der Waals surface area contributed by atoms with Crippen LogP contribution in [-0.2, 0) is 6.18 Å². The molecule has 19 heavy (non-hydrogen) atoms. The lowest BCUT2D eigenvalue weighted by Gasteiger charge is -2.16. The van der Waals surface area contributed by atoms with E-state index in [4.69, 9.17) is 12.2 Å². The molecule has 6 heteroatoms. The number of nitrogens with one attached hydrogen (secondary N) is 1. The number of H-pyrrole nitrogens is 1. The molecule has 0 saturated heterocycles. The monoisotopic (exact) mass is 286 g/mol. The molecular weight excluding hydrogens is 273 g/mol. The fourth-order valence-electron chi connectivity index (χ4n) is 1.96. The molecule has 1 aromatic carbocycles. The van der Waals surface area contributed by atoms with Crippen LogP contribution in [0.25, 0.3) is 5.69 Å². The number of aromatic nitrogens is 2. The van der Waals surface area contributed by atoms with Crippen molar-refractivity contribution in [2.24, 2.45) is 0 Å². The second kappa shape index (κ2) is 4.85. The molecule has 0 saturated carbocycles. The summed E-state index contributed by atoms with van der Waals surface area (Å²) in [5, 5.41) is 0. The van der Waals surface area contributed by atoms with Crippen molar-refractivity contribution in [2.45, 2.75) is 25.9 Å². The molecule has 2 rings (SSSR count). The smallest absolute Gasteiger partial charge is 0.337 e. The van der Waals surface area contributed by atoms with Crippen molar-refractivity contribution in [3.05, 3.63) is 46.5 Å². The maximum Gasteiger partial charge on any atom is 0.418 e. The maximum atomic E-state index is 13.0. The third-order valence-electron chi connectivity index (χ3n) is 2.85. The number of halogens is 3. The van der Waals surface area contributed by atoms with E-state index in [0.717, 1.165) is 11.8 Å². The summed E-state index contributed by atoms with van der Waals surface area (Å²) >= 11 is 5.10. The highest BCUT2D eigenvalue weighted by molar-refractivity contribution is 7.71. The summed E-state index contributed by atoms with van der Waals surface area (Å²) in [5.74, 6) is 0.0641. The van der Waals surface area contributed by atoms with Crippen LogP contribution in [0, 0.1) is 4.77 Å². The summed E-state index contributed by atoms with van der Waals surface area (Å²) in [4.78, 5) is 2.81. The van der Waals surface area contributed by atoms with Crippen LogP contribution >= 0.6 is 12.2 Å². The first-order chi connectivity index (χ1) is 8.82. The van der Waals surface area contributed by atoms with Crippen molar-refractivity contribution in [3.63, 3.8) is 0 Å². The molecule has 0 spiro atoms. The van der Waals surface area contributed by atoms with Crippen LogP contribution in [0.5, 0.6) is 0 Å². The number of imidazole rings is 1. The van der Waals surface area contributed by atoms with Gasteiger partial charge in [-0.25, -0.2) is 0 Å². The molecule has 1 aromatic heterocycles. The van der Waals surface area contributed by atoms with Gasteiger partial charge in [0.05, 0.1) is 11.3 Å². The lowest BCUT2D eigenvalue weighted by molar-refractivity contribution is -0.137. The molecule has 0 aliphatic rings. The van der Waals surface area contributed by atoms with Gasteiger partial charge in [0.1, 0.15) is 0 Å². The molecule has 0 aliphatic carbocycles. The van der Waals surface area contributed by atoms with Crippen molar-refractivity contribution >= 4 is 12.2 Å². The van der Waals surface area contributed by atoms with E-state index in [9.17, 15) is 13.2 Å². The van der Waals surface area contributed by atoms with Gasteiger partial charge < -0.3 is 4.98 Å². The number of aromatic amines is 1. The second-order valence-electron chi connectivity index (χ2n) is 4.52. The third kappa shape index (κ3) is 2.58. The van der Waals surface area contributed by atoms with Gasteiger partial charge in [0.15, 0.2) is 4.77 Å². The summed E-state index contributed by atoms with van der Waals surface area (Å²) in [6, 6.07) is 5.44. The Hall–Kier alpha value is -1.56. The predicted octanol–water partition coefficient (Wildman–Crippen LogP) is 4.68. The highest BCUT2D eigenvalue weighted by Gasteiger charge is 2.34. The van der Waals surface area contributed by atoms with Gasteiger partial charge in [0, 0.05) is 11.9 Å². The number of alkyl halides is 3. The fourth-order valence-corrected chi connectivity index (χ4v) is 2.23. The van der Waals surface area contributed by atoms with E-state index in [1.54, 1.807) is 12.3 Å². The number of para-hydroxylation sites is 1. The summed E-state index contributed by atoms with van der Waals surface area (Å²) in [6.07, 6.45) is -2.75. The molecular formula is C13H13F3N2S. The molecule has 1 heterocycles. The molecule has 0 fully saturated rings. The molecule has 0 atom stereocenters.